The van der Waals surface area contributed by atoms with Crippen molar-refractivity contribution in [3.05, 3.63) is 87.9 Å². The molecule has 0 aromatic heterocycles. The number of ether oxygens (including phenoxy) is 2. The van der Waals surface area contributed by atoms with E-state index in [1.54, 1.807) is 42.5 Å². The Morgan fingerprint density at radius 1 is 1.06 bits per heavy atom. The van der Waals surface area contributed by atoms with Gasteiger partial charge < -0.3 is 14.8 Å². The molecule has 33 heavy (non-hydrogen) atoms. The van der Waals surface area contributed by atoms with Gasteiger partial charge in [0.2, 0.25) is 0 Å². The zero-order valence-corrected chi connectivity index (χ0v) is 19.3. The van der Waals surface area contributed by atoms with Crippen LogP contribution in [-0.4, -0.2) is 31.7 Å². The number of nitrogens with zero attached hydrogens (tertiary/aromatic N) is 1. The first-order valence-electron chi connectivity index (χ1n) is 10.1. The van der Waals surface area contributed by atoms with Gasteiger partial charge in [-0.15, -0.1) is 0 Å². The van der Waals surface area contributed by atoms with Crippen molar-refractivity contribution in [3.8, 4) is 11.5 Å². The number of benzene rings is 3. The van der Waals surface area contributed by atoms with Crippen LogP contribution in [0.1, 0.15) is 27.0 Å². The number of hydrogen-bond donors (Lipinski definition) is 2. The zero-order chi connectivity index (χ0) is 23.8. The van der Waals surface area contributed by atoms with Crippen molar-refractivity contribution in [2.75, 3.05) is 19.0 Å². The number of hydrazone groups is 1. The van der Waals surface area contributed by atoms with Gasteiger partial charge in [0, 0.05) is 11.3 Å². The Kier molecular flexibility index (Phi) is 8.05. The molecule has 0 aliphatic heterocycles. The van der Waals surface area contributed by atoms with Crippen LogP contribution in [-0.2, 0) is 4.79 Å². The van der Waals surface area contributed by atoms with Gasteiger partial charge in [0.25, 0.3) is 11.8 Å². The van der Waals surface area contributed by atoms with E-state index in [1.165, 1.54) is 13.3 Å². The van der Waals surface area contributed by atoms with Gasteiger partial charge in [-0.25, -0.2) is 5.43 Å². The number of rotatable bonds is 8. The molecule has 0 fully saturated rings. The Morgan fingerprint density at radius 3 is 2.61 bits per heavy atom. The Hall–Kier alpha value is -3.84. The fourth-order valence-electron chi connectivity index (χ4n) is 2.99. The van der Waals surface area contributed by atoms with Crippen LogP contribution in [0, 0.1) is 13.8 Å². The maximum absolute atomic E-state index is 12.2. The molecular weight excluding hydrogens is 442 g/mol. The molecule has 0 saturated heterocycles. The second-order valence-electron chi connectivity index (χ2n) is 7.28. The van der Waals surface area contributed by atoms with Crippen molar-refractivity contribution >= 4 is 35.3 Å². The van der Waals surface area contributed by atoms with Gasteiger partial charge in [-0.1, -0.05) is 35.4 Å². The predicted molar refractivity (Wildman–Crippen MR) is 130 cm³/mol. The third kappa shape index (κ3) is 6.82. The Morgan fingerprint density at radius 2 is 1.88 bits per heavy atom. The SMILES string of the molecule is COc1cccc(C(=O)N/N=C/c2ccc(OCC(=O)Nc3ccc(C)cc3C)c(Cl)c2)c1. The number of anilines is 1. The number of hydrogen-bond acceptors (Lipinski definition) is 5. The fraction of sp³-hybridized carbons (Fsp3) is 0.160. The smallest absolute Gasteiger partial charge is 0.271 e. The van der Waals surface area contributed by atoms with Gasteiger partial charge in [0.1, 0.15) is 11.5 Å². The third-order valence-electron chi connectivity index (χ3n) is 4.68. The van der Waals surface area contributed by atoms with Gasteiger partial charge >= 0.3 is 0 Å². The van der Waals surface area contributed by atoms with Crippen LogP contribution >= 0.6 is 11.6 Å². The number of nitrogens with one attached hydrogen (secondary N) is 2. The molecular formula is C25H24ClN3O4. The number of halogens is 1. The molecule has 2 N–H and O–H groups in total. The highest BCUT2D eigenvalue weighted by molar-refractivity contribution is 6.32. The van der Waals surface area contributed by atoms with Crippen LogP contribution in [0.3, 0.4) is 0 Å². The van der Waals surface area contributed by atoms with Gasteiger partial charge in [0.15, 0.2) is 6.61 Å². The first kappa shape index (κ1) is 23.8. The summed E-state index contributed by atoms with van der Waals surface area (Å²) in [6.45, 7) is 3.74. The fourth-order valence-corrected chi connectivity index (χ4v) is 3.24. The summed E-state index contributed by atoms with van der Waals surface area (Å²) in [5.41, 5.74) is 6.36. The van der Waals surface area contributed by atoms with E-state index in [0.717, 1.165) is 16.8 Å². The van der Waals surface area contributed by atoms with E-state index in [0.29, 0.717) is 27.6 Å². The minimum Gasteiger partial charge on any atom is -0.497 e. The number of amides is 2. The zero-order valence-electron chi connectivity index (χ0n) is 18.5. The van der Waals surface area contributed by atoms with Gasteiger partial charge in [-0.2, -0.15) is 5.10 Å². The molecule has 0 bridgehead atoms. The molecule has 0 heterocycles. The third-order valence-corrected chi connectivity index (χ3v) is 4.98. The summed E-state index contributed by atoms with van der Waals surface area (Å²) in [6.07, 6.45) is 1.46. The van der Waals surface area contributed by atoms with E-state index in [-0.39, 0.29) is 18.4 Å². The van der Waals surface area contributed by atoms with Crippen molar-refractivity contribution < 1.29 is 19.1 Å². The number of aryl methyl sites for hydroxylation is 2. The Balaban J connectivity index is 1.53. The van der Waals surface area contributed by atoms with Crippen molar-refractivity contribution in [3.63, 3.8) is 0 Å². The minimum absolute atomic E-state index is 0.183. The highest BCUT2D eigenvalue weighted by atomic mass is 35.5. The molecule has 0 aliphatic carbocycles. The second-order valence-corrected chi connectivity index (χ2v) is 7.68. The molecule has 8 heteroatoms. The summed E-state index contributed by atoms with van der Waals surface area (Å²) in [7, 11) is 1.53. The molecule has 170 valence electrons. The van der Waals surface area contributed by atoms with Crippen LogP contribution in [0.4, 0.5) is 5.69 Å². The molecule has 0 atom stereocenters. The molecule has 0 aliphatic rings. The van der Waals surface area contributed by atoms with Gasteiger partial charge in [-0.05, 0) is 67.4 Å². The van der Waals surface area contributed by atoms with Crippen molar-refractivity contribution in [2.45, 2.75) is 13.8 Å². The predicted octanol–water partition coefficient (Wildman–Crippen LogP) is 4.75. The lowest BCUT2D eigenvalue weighted by molar-refractivity contribution is -0.118. The van der Waals surface area contributed by atoms with E-state index in [4.69, 9.17) is 21.1 Å². The van der Waals surface area contributed by atoms with Crippen molar-refractivity contribution in [2.24, 2.45) is 5.10 Å². The average Bonchev–Trinajstić information content (AvgIpc) is 2.80. The number of carbonyl (C=O) groups is 2. The molecule has 0 radical (unpaired) electrons. The largest absolute Gasteiger partial charge is 0.497 e. The van der Waals surface area contributed by atoms with Crippen molar-refractivity contribution in [1.82, 2.24) is 5.43 Å². The highest BCUT2D eigenvalue weighted by Gasteiger charge is 2.09. The molecule has 0 unspecified atom stereocenters. The molecule has 3 aromatic rings. The summed E-state index contributed by atoms with van der Waals surface area (Å²) in [4.78, 5) is 24.4. The Bertz CT molecular complexity index is 1190. The number of methoxy groups -OCH3 is 1. The van der Waals surface area contributed by atoms with E-state index in [2.05, 4.69) is 15.8 Å². The highest BCUT2D eigenvalue weighted by Crippen LogP contribution is 2.25. The standard InChI is InChI=1S/C25H24ClN3O4/c1-16-7-9-22(17(2)11-16)28-24(30)15-33-23-10-8-18(12-21(23)26)14-27-29-25(31)19-5-4-6-20(13-19)32-3/h4-14H,15H2,1-3H3,(H,28,30)(H,29,31)/b27-14+. The summed E-state index contributed by atoms with van der Waals surface area (Å²) in [6, 6.07) is 17.5. The average molecular weight is 466 g/mol. The molecule has 0 saturated carbocycles. The quantitative estimate of drug-likeness (QED) is 0.371. The maximum atomic E-state index is 12.2. The van der Waals surface area contributed by atoms with Crippen LogP contribution in [0.2, 0.25) is 5.02 Å². The second kappa shape index (κ2) is 11.2. The lowest BCUT2D eigenvalue weighted by atomic mass is 10.1. The monoisotopic (exact) mass is 465 g/mol. The summed E-state index contributed by atoms with van der Waals surface area (Å²) >= 11 is 6.27. The topological polar surface area (TPSA) is 89.0 Å². The van der Waals surface area contributed by atoms with Crippen LogP contribution in [0.25, 0.3) is 0 Å². The minimum atomic E-state index is -0.369. The summed E-state index contributed by atoms with van der Waals surface area (Å²) in [5, 5.41) is 7.09. The molecule has 3 aromatic carbocycles. The van der Waals surface area contributed by atoms with Crippen molar-refractivity contribution in [1.29, 1.82) is 0 Å². The number of carbonyl (C=O) groups excluding carboxylic acids is 2. The summed E-state index contributed by atoms with van der Waals surface area (Å²) in [5.74, 6) is 0.289. The van der Waals surface area contributed by atoms with E-state index < -0.39 is 0 Å². The van der Waals surface area contributed by atoms with Crippen LogP contribution in [0.15, 0.2) is 65.8 Å². The lowest BCUT2D eigenvalue weighted by Gasteiger charge is -2.11. The molecule has 3 rings (SSSR count). The summed E-state index contributed by atoms with van der Waals surface area (Å²) < 4.78 is 10.6. The molecule has 0 spiro atoms. The van der Waals surface area contributed by atoms with Gasteiger partial charge in [-0.3, -0.25) is 9.59 Å². The lowest BCUT2D eigenvalue weighted by Crippen LogP contribution is -2.20. The van der Waals surface area contributed by atoms with Crippen LogP contribution < -0.4 is 20.2 Å². The van der Waals surface area contributed by atoms with E-state index in [9.17, 15) is 9.59 Å². The van der Waals surface area contributed by atoms with E-state index in [1.807, 2.05) is 32.0 Å². The van der Waals surface area contributed by atoms with Gasteiger partial charge in [0.05, 0.1) is 18.3 Å². The van der Waals surface area contributed by atoms with E-state index >= 15 is 0 Å². The first-order chi connectivity index (χ1) is 15.9. The normalized spacial score (nSPS) is 10.7. The first-order valence-corrected chi connectivity index (χ1v) is 10.5. The maximum Gasteiger partial charge on any atom is 0.271 e. The Labute approximate surface area is 197 Å². The molecule has 2 amide bonds. The molecule has 7 nitrogen and oxygen atoms in total. The van der Waals surface area contributed by atoms with Crippen LogP contribution in [0.5, 0.6) is 11.5 Å².